The fraction of sp³-hybridized carbons (Fsp3) is 0.533. The number of rotatable bonds is 6. The van der Waals surface area contributed by atoms with E-state index in [0.717, 1.165) is 24.4 Å². The molecule has 2 rings (SSSR count). The van der Waals surface area contributed by atoms with Crippen molar-refractivity contribution in [2.75, 3.05) is 0 Å². The van der Waals surface area contributed by atoms with Crippen molar-refractivity contribution in [1.29, 1.82) is 0 Å². The highest BCUT2D eigenvalue weighted by Gasteiger charge is 2.15. The van der Waals surface area contributed by atoms with E-state index in [1.54, 1.807) is 12.5 Å². The molecule has 0 aliphatic carbocycles. The fourth-order valence-electron chi connectivity index (χ4n) is 2.35. The Morgan fingerprint density at radius 2 is 2.15 bits per heavy atom. The van der Waals surface area contributed by atoms with Gasteiger partial charge < -0.3 is 5.73 Å². The number of hydrogen-bond acceptors (Lipinski definition) is 4. The average Bonchev–Trinajstić information content (AvgIpc) is 2.85. The molecule has 0 aromatic carbocycles. The first kappa shape index (κ1) is 14.7. The van der Waals surface area contributed by atoms with Crippen LogP contribution in [0.25, 0.3) is 0 Å². The van der Waals surface area contributed by atoms with Crippen molar-refractivity contribution in [3.63, 3.8) is 0 Å². The Bertz CT molecular complexity index is 547. The van der Waals surface area contributed by atoms with Crippen molar-refractivity contribution in [3.05, 3.63) is 41.7 Å². The molecule has 0 radical (unpaired) electrons. The first-order valence-electron chi connectivity index (χ1n) is 7.16. The predicted molar refractivity (Wildman–Crippen MR) is 79.1 cm³/mol. The van der Waals surface area contributed by atoms with Crippen molar-refractivity contribution in [2.24, 2.45) is 11.7 Å². The molecule has 2 N–H and O–H groups in total. The van der Waals surface area contributed by atoms with Gasteiger partial charge in [0.05, 0.1) is 0 Å². The van der Waals surface area contributed by atoms with Gasteiger partial charge in [-0.3, -0.25) is 4.98 Å². The first-order valence-corrected chi connectivity index (χ1v) is 7.16. The average molecular weight is 273 g/mol. The number of aryl methyl sites for hydroxylation is 1. The summed E-state index contributed by atoms with van der Waals surface area (Å²) in [4.78, 5) is 8.51. The summed E-state index contributed by atoms with van der Waals surface area (Å²) in [7, 11) is 0. The third-order valence-corrected chi connectivity index (χ3v) is 3.36. The molecule has 0 amide bonds. The van der Waals surface area contributed by atoms with Gasteiger partial charge in [-0.25, -0.2) is 9.67 Å². The summed E-state index contributed by atoms with van der Waals surface area (Å²) in [6.45, 7) is 7.33. The highest BCUT2D eigenvalue weighted by Crippen LogP contribution is 2.19. The van der Waals surface area contributed by atoms with Gasteiger partial charge in [0, 0.05) is 31.4 Å². The zero-order valence-electron chi connectivity index (χ0n) is 12.5. The lowest BCUT2D eigenvalue weighted by molar-refractivity contribution is 0.459. The fourth-order valence-corrected chi connectivity index (χ4v) is 2.35. The van der Waals surface area contributed by atoms with Crippen LogP contribution >= 0.6 is 0 Å². The molecule has 1 unspecified atom stereocenters. The molecule has 5 nitrogen and oxygen atoms in total. The third kappa shape index (κ3) is 3.42. The molecule has 0 saturated carbocycles. The summed E-state index contributed by atoms with van der Waals surface area (Å²) in [5.41, 5.74) is 8.71. The topological polar surface area (TPSA) is 69.6 Å². The third-order valence-electron chi connectivity index (χ3n) is 3.36. The molecular formula is C15H23N5. The first-order chi connectivity index (χ1) is 9.61. The zero-order chi connectivity index (χ0) is 14.5. The molecule has 2 aromatic heterocycles. The number of hydrogen-bond donors (Lipinski definition) is 1. The quantitative estimate of drug-likeness (QED) is 0.875. The van der Waals surface area contributed by atoms with E-state index in [-0.39, 0.29) is 6.04 Å². The van der Waals surface area contributed by atoms with Crippen molar-refractivity contribution in [3.8, 4) is 0 Å². The van der Waals surface area contributed by atoms with Gasteiger partial charge in [0.1, 0.15) is 12.2 Å². The second-order valence-electron chi connectivity index (χ2n) is 5.49. The molecule has 0 bridgehead atoms. The lowest BCUT2D eigenvalue weighted by atomic mass is 9.99. The lowest BCUT2D eigenvalue weighted by Gasteiger charge is -2.16. The summed E-state index contributed by atoms with van der Waals surface area (Å²) in [5.74, 6) is 1.49. The van der Waals surface area contributed by atoms with Crippen LogP contribution in [0.1, 0.15) is 43.8 Å². The van der Waals surface area contributed by atoms with E-state index in [1.165, 1.54) is 5.56 Å². The maximum Gasteiger partial charge on any atom is 0.138 e. The number of aromatic nitrogens is 4. The van der Waals surface area contributed by atoms with Crippen LogP contribution in [0.5, 0.6) is 0 Å². The molecule has 0 aliphatic heterocycles. The Balaban J connectivity index is 2.15. The van der Waals surface area contributed by atoms with Crippen LogP contribution in [0, 0.1) is 5.92 Å². The predicted octanol–water partition coefficient (Wildman–Crippen LogP) is 2.13. The number of nitrogens with zero attached hydrogens (tertiary/aromatic N) is 4. The highest BCUT2D eigenvalue weighted by molar-refractivity contribution is 5.27. The smallest absolute Gasteiger partial charge is 0.138 e. The Hall–Kier alpha value is -1.75. The molecule has 2 aromatic rings. The van der Waals surface area contributed by atoms with E-state index in [2.05, 4.69) is 35.8 Å². The Kier molecular flexibility index (Phi) is 4.84. The van der Waals surface area contributed by atoms with Gasteiger partial charge >= 0.3 is 0 Å². The summed E-state index contributed by atoms with van der Waals surface area (Å²) in [6.07, 6.45) is 6.94. The van der Waals surface area contributed by atoms with E-state index in [9.17, 15) is 0 Å². The van der Waals surface area contributed by atoms with E-state index in [1.807, 2.05) is 16.9 Å². The van der Waals surface area contributed by atoms with Crippen LogP contribution in [0.15, 0.2) is 24.8 Å². The van der Waals surface area contributed by atoms with Crippen LogP contribution in [-0.2, 0) is 19.4 Å². The second-order valence-corrected chi connectivity index (χ2v) is 5.49. The molecule has 0 fully saturated rings. The van der Waals surface area contributed by atoms with Crippen LogP contribution in [0.2, 0.25) is 0 Å². The Labute approximate surface area is 120 Å². The van der Waals surface area contributed by atoms with Gasteiger partial charge in [0.2, 0.25) is 0 Å². The number of pyridine rings is 1. The van der Waals surface area contributed by atoms with Gasteiger partial charge in [-0.2, -0.15) is 5.10 Å². The highest BCUT2D eigenvalue weighted by atomic mass is 15.3. The minimum atomic E-state index is -0.0666. The van der Waals surface area contributed by atoms with Crippen molar-refractivity contribution in [1.82, 2.24) is 19.7 Å². The van der Waals surface area contributed by atoms with Crippen molar-refractivity contribution >= 4 is 0 Å². The molecule has 108 valence electrons. The molecule has 0 spiro atoms. The molecule has 5 heteroatoms. The Morgan fingerprint density at radius 3 is 2.85 bits per heavy atom. The summed E-state index contributed by atoms with van der Waals surface area (Å²) >= 11 is 0. The summed E-state index contributed by atoms with van der Waals surface area (Å²) in [6, 6.07) is 1.94. The molecule has 1 atom stereocenters. The van der Waals surface area contributed by atoms with E-state index in [0.29, 0.717) is 12.3 Å². The van der Waals surface area contributed by atoms with Gasteiger partial charge in [-0.05, 0) is 29.5 Å². The molecular weight excluding hydrogens is 250 g/mol. The summed E-state index contributed by atoms with van der Waals surface area (Å²) in [5, 5.41) is 4.28. The number of nitrogens with two attached hydrogens (primary N) is 1. The van der Waals surface area contributed by atoms with Gasteiger partial charge in [-0.15, -0.1) is 0 Å². The molecule has 0 saturated heterocycles. The molecule has 2 heterocycles. The van der Waals surface area contributed by atoms with Crippen LogP contribution < -0.4 is 5.73 Å². The largest absolute Gasteiger partial charge is 0.324 e. The van der Waals surface area contributed by atoms with Crippen LogP contribution in [0.3, 0.4) is 0 Å². The summed E-state index contributed by atoms with van der Waals surface area (Å²) < 4.78 is 1.96. The van der Waals surface area contributed by atoms with E-state index < -0.39 is 0 Å². The minimum Gasteiger partial charge on any atom is -0.324 e. The van der Waals surface area contributed by atoms with Crippen molar-refractivity contribution < 1.29 is 0 Å². The normalized spacial score (nSPS) is 12.8. The van der Waals surface area contributed by atoms with Gasteiger partial charge in [0.25, 0.3) is 0 Å². The Morgan fingerprint density at radius 1 is 1.35 bits per heavy atom. The van der Waals surface area contributed by atoms with E-state index >= 15 is 0 Å². The standard InChI is InChI=1S/C15H23N5/c1-4-12-8-17-6-5-13(12)14(16)7-15-18-10-19-20(15)9-11(2)3/h5-6,8,10-11,14H,4,7,9,16H2,1-3H3. The second kappa shape index (κ2) is 6.61. The molecule has 0 aliphatic rings. The van der Waals surface area contributed by atoms with Crippen molar-refractivity contribution in [2.45, 2.75) is 46.2 Å². The maximum atomic E-state index is 6.35. The SMILES string of the molecule is CCc1cnccc1C(N)Cc1ncnn1CC(C)C. The van der Waals surface area contributed by atoms with E-state index in [4.69, 9.17) is 5.73 Å². The van der Waals surface area contributed by atoms with Gasteiger partial charge in [0.15, 0.2) is 0 Å². The molecule has 20 heavy (non-hydrogen) atoms. The monoisotopic (exact) mass is 273 g/mol. The maximum absolute atomic E-state index is 6.35. The van der Waals surface area contributed by atoms with Gasteiger partial charge in [-0.1, -0.05) is 20.8 Å². The zero-order valence-corrected chi connectivity index (χ0v) is 12.5. The minimum absolute atomic E-state index is 0.0666. The van der Waals surface area contributed by atoms with Crippen LogP contribution in [-0.4, -0.2) is 19.7 Å². The van der Waals surface area contributed by atoms with Crippen LogP contribution in [0.4, 0.5) is 0 Å². The lowest BCUT2D eigenvalue weighted by Crippen LogP contribution is -2.19.